The maximum atomic E-state index is 12.1. The third-order valence-electron chi connectivity index (χ3n) is 3.21. The second-order valence-corrected chi connectivity index (χ2v) is 8.39. The maximum Gasteiger partial charge on any atom is 0.214 e. The standard InChI is InChI=1S/C14H24N2O2S2/c1-4-12(2)11-16(3)20(17,18)9-8-19-14-7-5-6-13(15)10-14/h5-7,10,12H,4,8-9,11,15H2,1-3H3. The van der Waals surface area contributed by atoms with Crippen molar-refractivity contribution >= 4 is 27.5 Å². The van der Waals surface area contributed by atoms with E-state index in [0.717, 1.165) is 11.3 Å². The molecule has 20 heavy (non-hydrogen) atoms. The van der Waals surface area contributed by atoms with Gasteiger partial charge in [-0.3, -0.25) is 0 Å². The molecular formula is C14H24N2O2S2. The van der Waals surface area contributed by atoms with Gasteiger partial charge in [0.25, 0.3) is 0 Å². The summed E-state index contributed by atoms with van der Waals surface area (Å²) >= 11 is 1.52. The molecule has 0 saturated carbocycles. The highest BCUT2D eigenvalue weighted by atomic mass is 32.2. The Morgan fingerprint density at radius 3 is 2.70 bits per heavy atom. The molecule has 1 atom stereocenters. The lowest BCUT2D eigenvalue weighted by atomic mass is 10.1. The van der Waals surface area contributed by atoms with Gasteiger partial charge in [-0.25, -0.2) is 12.7 Å². The second kappa shape index (κ2) is 7.90. The van der Waals surface area contributed by atoms with Crippen LogP contribution in [0.3, 0.4) is 0 Å². The number of nitrogens with two attached hydrogens (primary N) is 1. The molecule has 1 rings (SSSR count). The van der Waals surface area contributed by atoms with E-state index in [1.165, 1.54) is 16.1 Å². The number of sulfonamides is 1. The Hall–Kier alpha value is -0.720. The molecule has 0 aromatic heterocycles. The summed E-state index contributed by atoms with van der Waals surface area (Å²) in [6.07, 6.45) is 0.984. The molecule has 0 aliphatic rings. The summed E-state index contributed by atoms with van der Waals surface area (Å²) in [5.41, 5.74) is 6.40. The molecule has 1 unspecified atom stereocenters. The fourth-order valence-corrected chi connectivity index (χ4v) is 4.31. The van der Waals surface area contributed by atoms with Crippen molar-refractivity contribution in [2.45, 2.75) is 25.2 Å². The van der Waals surface area contributed by atoms with Crippen molar-refractivity contribution in [3.05, 3.63) is 24.3 Å². The first-order valence-electron chi connectivity index (χ1n) is 6.77. The average molecular weight is 316 g/mol. The van der Waals surface area contributed by atoms with Crippen LogP contribution in [0.25, 0.3) is 0 Å². The van der Waals surface area contributed by atoms with Crippen LogP contribution in [-0.2, 0) is 10.0 Å². The largest absolute Gasteiger partial charge is 0.399 e. The highest BCUT2D eigenvalue weighted by Gasteiger charge is 2.19. The number of rotatable bonds is 8. The van der Waals surface area contributed by atoms with Gasteiger partial charge in [0.05, 0.1) is 5.75 Å². The number of hydrogen-bond acceptors (Lipinski definition) is 4. The molecule has 0 fully saturated rings. The Kier molecular flexibility index (Phi) is 6.85. The van der Waals surface area contributed by atoms with E-state index in [-0.39, 0.29) is 5.75 Å². The van der Waals surface area contributed by atoms with Gasteiger partial charge in [0, 0.05) is 29.9 Å². The molecule has 0 aliphatic heterocycles. The molecule has 0 heterocycles. The highest BCUT2D eigenvalue weighted by molar-refractivity contribution is 8.00. The van der Waals surface area contributed by atoms with Crippen molar-refractivity contribution in [3.63, 3.8) is 0 Å². The molecule has 6 heteroatoms. The summed E-state index contributed by atoms with van der Waals surface area (Å²) in [7, 11) is -1.51. The van der Waals surface area contributed by atoms with Crippen molar-refractivity contribution in [1.82, 2.24) is 4.31 Å². The van der Waals surface area contributed by atoms with Gasteiger partial charge in [-0.1, -0.05) is 26.3 Å². The van der Waals surface area contributed by atoms with Crippen molar-refractivity contribution in [2.75, 3.05) is 30.8 Å². The van der Waals surface area contributed by atoms with Crippen LogP contribution in [0.15, 0.2) is 29.2 Å². The molecule has 4 nitrogen and oxygen atoms in total. The predicted molar refractivity (Wildman–Crippen MR) is 87.5 cm³/mol. The van der Waals surface area contributed by atoms with Crippen LogP contribution < -0.4 is 5.73 Å². The molecule has 0 radical (unpaired) electrons. The normalized spacial score (nSPS) is 13.6. The minimum Gasteiger partial charge on any atom is -0.399 e. The Morgan fingerprint density at radius 2 is 2.10 bits per heavy atom. The first kappa shape index (κ1) is 17.3. The maximum absolute atomic E-state index is 12.1. The fourth-order valence-electron chi connectivity index (χ4n) is 1.71. The van der Waals surface area contributed by atoms with Crippen LogP contribution >= 0.6 is 11.8 Å². The van der Waals surface area contributed by atoms with Gasteiger partial charge in [0.2, 0.25) is 10.0 Å². The first-order chi connectivity index (χ1) is 9.35. The zero-order valence-electron chi connectivity index (χ0n) is 12.4. The zero-order valence-corrected chi connectivity index (χ0v) is 14.0. The Labute approximate surface area is 126 Å². The Morgan fingerprint density at radius 1 is 1.40 bits per heavy atom. The highest BCUT2D eigenvalue weighted by Crippen LogP contribution is 2.20. The van der Waals surface area contributed by atoms with E-state index < -0.39 is 10.0 Å². The molecule has 0 aliphatic carbocycles. The molecule has 114 valence electrons. The van der Waals surface area contributed by atoms with Gasteiger partial charge >= 0.3 is 0 Å². The van der Waals surface area contributed by atoms with Gasteiger partial charge in [0.15, 0.2) is 0 Å². The van der Waals surface area contributed by atoms with Crippen LogP contribution in [0.5, 0.6) is 0 Å². The number of nitrogens with zero attached hydrogens (tertiary/aromatic N) is 1. The topological polar surface area (TPSA) is 63.4 Å². The minimum atomic E-state index is -3.16. The summed E-state index contributed by atoms with van der Waals surface area (Å²) in [4.78, 5) is 1.00. The minimum absolute atomic E-state index is 0.152. The van der Waals surface area contributed by atoms with E-state index >= 15 is 0 Å². The van der Waals surface area contributed by atoms with Crippen LogP contribution in [0.1, 0.15) is 20.3 Å². The summed E-state index contributed by atoms with van der Waals surface area (Å²) in [5.74, 6) is 1.08. The van der Waals surface area contributed by atoms with Crippen LogP contribution in [-0.4, -0.2) is 37.8 Å². The summed E-state index contributed by atoms with van der Waals surface area (Å²) in [6.45, 7) is 4.72. The number of benzene rings is 1. The quantitative estimate of drug-likeness (QED) is 0.591. The predicted octanol–water partition coefficient (Wildman–Crippen LogP) is 2.67. The molecule has 0 spiro atoms. The Bertz CT molecular complexity index is 518. The molecule has 1 aromatic rings. The SMILES string of the molecule is CCC(C)CN(C)S(=O)(=O)CCSc1cccc(N)c1. The van der Waals surface area contributed by atoms with E-state index in [4.69, 9.17) is 5.73 Å². The molecule has 2 N–H and O–H groups in total. The smallest absolute Gasteiger partial charge is 0.214 e. The second-order valence-electron chi connectivity index (χ2n) is 5.03. The van der Waals surface area contributed by atoms with Crippen LogP contribution in [0.4, 0.5) is 5.69 Å². The van der Waals surface area contributed by atoms with E-state index in [1.807, 2.05) is 24.3 Å². The van der Waals surface area contributed by atoms with Crippen LogP contribution in [0, 0.1) is 5.92 Å². The zero-order chi connectivity index (χ0) is 15.2. The molecule has 0 bridgehead atoms. The monoisotopic (exact) mass is 316 g/mol. The van der Waals surface area contributed by atoms with E-state index in [2.05, 4.69) is 13.8 Å². The summed E-state index contributed by atoms with van der Waals surface area (Å²) < 4.78 is 25.7. The van der Waals surface area contributed by atoms with E-state index in [0.29, 0.717) is 23.9 Å². The van der Waals surface area contributed by atoms with Gasteiger partial charge in [-0.2, -0.15) is 0 Å². The van der Waals surface area contributed by atoms with Gasteiger partial charge in [-0.15, -0.1) is 11.8 Å². The first-order valence-corrected chi connectivity index (χ1v) is 9.37. The molecular weight excluding hydrogens is 292 g/mol. The molecule has 0 saturated heterocycles. The average Bonchev–Trinajstić information content (AvgIpc) is 2.38. The third-order valence-corrected chi connectivity index (χ3v) is 6.28. The van der Waals surface area contributed by atoms with Crippen molar-refractivity contribution in [1.29, 1.82) is 0 Å². The lowest BCUT2D eigenvalue weighted by molar-refractivity contribution is 0.394. The lowest BCUT2D eigenvalue weighted by Crippen LogP contribution is -2.33. The van der Waals surface area contributed by atoms with Crippen molar-refractivity contribution in [3.8, 4) is 0 Å². The van der Waals surface area contributed by atoms with Crippen molar-refractivity contribution < 1.29 is 8.42 Å². The lowest BCUT2D eigenvalue weighted by Gasteiger charge is -2.20. The van der Waals surface area contributed by atoms with E-state index in [9.17, 15) is 8.42 Å². The number of nitrogen functional groups attached to an aromatic ring is 1. The summed E-state index contributed by atoms with van der Waals surface area (Å²) in [6, 6.07) is 7.50. The van der Waals surface area contributed by atoms with Gasteiger partial charge < -0.3 is 5.73 Å². The van der Waals surface area contributed by atoms with Crippen molar-refractivity contribution in [2.24, 2.45) is 5.92 Å². The summed E-state index contributed by atoms with van der Waals surface area (Å²) in [5, 5.41) is 0. The number of hydrogen-bond donors (Lipinski definition) is 1. The fraction of sp³-hybridized carbons (Fsp3) is 0.571. The number of anilines is 1. The van der Waals surface area contributed by atoms with Gasteiger partial charge in [0.1, 0.15) is 0 Å². The van der Waals surface area contributed by atoms with Crippen LogP contribution in [0.2, 0.25) is 0 Å². The van der Waals surface area contributed by atoms with E-state index in [1.54, 1.807) is 7.05 Å². The molecule has 0 amide bonds. The Balaban J connectivity index is 2.47. The third kappa shape index (κ3) is 5.73. The van der Waals surface area contributed by atoms with Gasteiger partial charge in [-0.05, 0) is 24.1 Å². The number of thioether (sulfide) groups is 1. The molecule has 1 aromatic carbocycles.